The lowest BCUT2D eigenvalue weighted by molar-refractivity contribution is -0.144. The van der Waals surface area contributed by atoms with Gasteiger partial charge in [0.15, 0.2) is 0 Å². The number of nitrogens with zero attached hydrogens (tertiary/aromatic N) is 2. The van der Waals surface area contributed by atoms with Crippen LogP contribution in [-0.2, 0) is 22.5 Å². The average molecular weight is 406 g/mol. The van der Waals surface area contributed by atoms with Crippen LogP contribution in [0, 0.1) is 12.8 Å². The van der Waals surface area contributed by atoms with Crippen molar-refractivity contribution in [2.45, 2.75) is 26.8 Å². The zero-order valence-electron chi connectivity index (χ0n) is 17.5. The van der Waals surface area contributed by atoms with Crippen molar-refractivity contribution in [2.75, 3.05) is 13.7 Å². The molecule has 1 atom stereocenters. The number of benzene rings is 2. The molecule has 0 saturated carbocycles. The van der Waals surface area contributed by atoms with E-state index in [0.717, 1.165) is 11.1 Å². The highest BCUT2D eigenvalue weighted by atomic mass is 16.5. The third-order valence-corrected chi connectivity index (χ3v) is 4.92. The molecule has 2 aromatic carbocycles. The Hall–Kier alpha value is -3.41. The number of ether oxygens (including phenoxy) is 2. The summed E-state index contributed by atoms with van der Waals surface area (Å²) in [5.41, 5.74) is 2.53. The summed E-state index contributed by atoms with van der Waals surface area (Å²) in [7, 11) is 1.40. The first-order chi connectivity index (χ1) is 14.5. The molecule has 0 aliphatic rings. The highest BCUT2D eigenvalue weighted by Gasteiger charge is 2.13. The molecule has 0 aliphatic heterocycles. The van der Waals surface area contributed by atoms with Gasteiger partial charge in [-0.3, -0.25) is 14.2 Å². The van der Waals surface area contributed by atoms with Crippen molar-refractivity contribution in [3.63, 3.8) is 0 Å². The summed E-state index contributed by atoms with van der Waals surface area (Å²) in [5.74, 6) is 0.951. The lowest BCUT2D eigenvalue weighted by Crippen LogP contribution is -2.26. The van der Waals surface area contributed by atoms with E-state index < -0.39 is 0 Å². The van der Waals surface area contributed by atoms with E-state index in [1.54, 1.807) is 10.6 Å². The van der Waals surface area contributed by atoms with E-state index in [1.807, 2.05) is 68.4 Å². The van der Waals surface area contributed by atoms with Gasteiger partial charge in [0.2, 0.25) is 0 Å². The zero-order valence-corrected chi connectivity index (χ0v) is 17.5. The molecule has 0 N–H and O–H groups in total. The van der Waals surface area contributed by atoms with Gasteiger partial charge in [-0.05, 0) is 31.0 Å². The Bertz CT molecular complexity index is 1040. The van der Waals surface area contributed by atoms with E-state index in [9.17, 15) is 9.59 Å². The van der Waals surface area contributed by atoms with E-state index in [2.05, 4.69) is 4.98 Å². The molecular weight excluding hydrogens is 380 g/mol. The zero-order chi connectivity index (χ0) is 21.5. The lowest BCUT2D eigenvalue weighted by atomic mass is 10.0. The molecule has 1 heterocycles. The second-order valence-electron chi connectivity index (χ2n) is 7.17. The van der Waals surface area contributed by atoms with Crippen LogP contribution in [-0.4, -0.2) is 29.2 Å². The van der Waals surface area contributed by atoms with Crippen LogP contribution in [0.5, 0.6) is 5.75 Å². The molecule has 0 aliphatic carbocycles. The van der Waals surface area contributed by atoms with Gasteiger partial charge in [0.1, 0.15) is 18.2 Å². The highest BCUT2D eigenvalue weighted by Crippen LogP contribution is 2.17. The fourth-order valence-corrected chi connectivity index (χ4v) is 3.26. The number of esters is 1. The molecule has 0 radical (unpaired) electrons. The van der Waals surface area contributed by atoms with Crippen LogP contribution in [0.4, 0.5) is 0 Å². The van der Waals surface area contributed by atoms with E-state index in [4.69, 9.17) is 9.47 Å². The molecule has 0 saturated heterocycles. The first-order valence-corrected chi connectivity index (χ1v) is 9.91. The monoisotopic (exact) mass is 406 g/mol. The number of methoxy groups -OCH3 is 1. The topological polar surface area (TPSA) is 70.4 Å². The van der Waals surface area contributed by atoms with Crippen LogP contribution in [0.25, 0.3) is 11.3 Å². The van der Waals surface area contributed by atoms with Crippen LogP contribution in [0.3, 0.4) is 0 Å². The van der Waals surface area contributed by atoms with Crippen molar-refractivity contribution < 1.29 is 14.3 Å². The number of aromatic nitrogens is 2. The van der Waals surface area contributed by atoms with Crippen LogP contribution in [0.1, 0.15) is 18.3 Å². The largest absolute Gasteiger partial charge is 0.492 e. The summed E-state index contributed by atoms with van der Waals surface area (Å²) in [6, 6.07) is 18.8. The van der Waals surface area contributed by atoms with E-state index in [1.165, 1.54) is 7.11 Å². The fraction of sp³-hybridized carbons (Fsp3) is 0.292. The van der Waals surface area contributed by atoms with Crippen LogP contribution in [0.15, 0.2) is 65.5 Å². The van der Waals surface area contributed by atoms with Gasteiger partial charge in [-0.25, -0.2) is 4.98 Å². The summed E-state index contributed by atoms with van der Waals surface area (Å²) < 4.78 is 12.2. The van der Waals surface area contributed by atoms with Crippen LogP contribution >= 0.6 is 0 Å². The van der Waals surface area contributed by atoms with Crippen molar-refractivity contribution in [3.05, 3.63) is 82.4 Å². The standard InChI is InChI=1S/C24H26N2O4/c1-17(24(28)29-3)15-19-9-11-21(12-10-19)30-14-13-26-18(2)25-22(16-23(26)27)20-7-5-4-6-8-20/h4-12,16-17H,13-15H2,1-3H3. The number of hydrogen-bond acceptors (Lipinski definition) is 5. The van der Waals surface area contributed by atoms with E-state index in [0.29, 0.717) is 36.8 Å². The lowest BCUT2D eigenvalue weighted by Gasteiger charge is -2.13. The summed E-state index contributed by atoms with van der Waals surface area (Å²) in [5, 5.41) is 0. The molecule has 0 amide bonds. The summed E-state index contributed by atoms with van der Waals surface area (Å²) in [6.45, 7) is 4.43. The maximum Gasteiger partial charge on any atom is 0.308 e. The second kappa shape index (κ2) is 9.87. The van der Waals surface area contributed by atoms with Crippen molar-refractivity contribution in [1.29, 1.82) is 0 Å². The molecule has 0 fully saturated rings. The third-order valence-electron chi connectivity index (χ3n) is 4.92. The minimum Gasteiger partial charge on any atom is -0.492 e. The van der Waals surface area contributed by atoms with Crippen molar-refractivity contribution in [1.82, 2.24) is 9.55 Å². The SMILES string of the molecule is COC(=O)C(C)Cc1ccc(OCCn2c(C)nc(-c3ccccc3)cc2=O)cc1. The maximum absolute atomic E-state index is 12.5. The minimum atomic E-state index is -0.219. The number of carbonyl (C=O) groups excluding carboxylic acids is 1. The van der Waals surface area contributed by atoms with Crippen molar-refractivity contribution >= 4 is 5.97 Å². The smallest absolute Gasteiger partial charge is 0.308 e. The van der Waals surface area contributed by atoms with Gasteiger partial charge in [0, 0.05) is 11.6 Å². The molecule has 3 aromatic rings. The fourth-order valence-electron chi connectivity index (χ4n) is 3.26. The van der Waals surface area contributed by atoms with Gasteiger partial charge in [0.25, 0.3) is 5.56 Å². The van der Waals surface area contributed by atoms with Crippen LogP contribution in [0.2, 0.25) is 0 Å². The Morgan fingerprint density at radius 3 is 2.43 bits per heavy atom. The Kier molecular flexibility index (Phi) is 7.01. The molecule has 0 spiro atoms. The van der Waals surface area contributed by atoms with Gasteiger partial charge in [-0.1, -0.05) is 49.4 Å². The molecule has 6 heteroatoms. The maximum atomic E-state index is 12.5. The summed E-state index contributed by atoms with van der Waals surface area (Å²) >= 11 is 0. The molecular formula is C24H26N2O4. The van der Waals surface area contributed by atoms with Gasteiger partial charge >= 0.3 is 5.97 Å². The first-order valence-electron chi connectivity index (χ1n) is 9.91. The van der Waals surface area contributed by atoms with Gasteiger partial charge < -0.3 is 9.47 Å². The van der Waals surface area contributed by atoms with Gasteiger partial charge in [0.05, 0.1) is 25.3 Å². The number of rotatable bonds is 8. The number of aryl methyl sites for hydroxylation is 1. The molecule has 3 rings (SSSR count). The van der Waals surface area contributed by atoms with Crippen molar-refractivity contribution in [2.24, 2.45) is 5.92 Å². The van der Waals surface area contributed by atoms with E-state index in [-0.39, 0.29) is 17.4 Å². The molecule has 30 heavy (non-hydrogen) atoms. The Morgan fingerprint density at radius 1 is 1.10 bits per heavy atom. The molecule has 6 nitrogen and oxygen atoms in total. The number of carbonyl (C=O) groups is 1. The Balaban J connectivity index is 1.59. The first kappa shape index (κ1) is 21.3. The van der Waals surface area contributed by atoms with Gasteiger partial charge in [-0.2, -0.15) is 0 Å². The molecule has 1 aromatic heterocycles. The third kappa shape index (κ3) is 5.35. The number of hydrogen-bond donors (Lipinski definition) is 0. The quantitative estimate of drug-likeness (QED) is 0.534. The van der Waals surface area contributed by atoms with E-state index >= 15 is 0 Å². The second-order valence-corrected chi connectivity index (χ2v) is 7.17. The summed E-state index contributed by atoms with van der Waals surface area (Å²) in [6.07, 6.45) is 0.612. The minimum absolute atomic E-state index is 0.0999. The molecule has 0 bridgehead atoms. The molecule has 156 valence electrons. The van der Waals surface area contributed by atoms with Crippen LogP contribution < -0.4 is 10.3 Å². The predicted molar refractivity (Wildman–Crippen MR) is 115 cm³/mol. The Morgan fingerprint density at radius 2 is 1.80 bits per heavy atom. The average Bonchev–Trinajstić information content (AvgIpc) is 2.76. The normalized spacial score (nSPS) is 11.7. The summed E-state index contributed by atoms with van der Waals surface area (Å²) in [4.78, 5) is 28.6. The predicted octanol–water partition coefficient (Wildman–Crippen LogP) is 3.65. The van der Waals surface area contributed by atoms with Crippen molar-refractivity contribution in [3.8, 4) is 17.0 Å². The van der Waals surface area contributed by atoms with Gasteiger partial charge in [-0.15, -0.1) is 0 Å². The molecule has 1 unspecified atom stereocenters. The highest BCUT2D eigenvalue weighted by molar-refractivity contribution is 5.72. The Labute approximate surface area is 176 Å².